The molecule has 1 aromatic carbocycles. The third-order valence-corrected chi connectivity index (χ3v) is 2.91. The van der Waals surface area contributed by atoms with E-state index in [9.17, 15) is 0 Å². The van der Waals surface area contributed by atoms with Crippen molar-refractivity contribution in [2.75, 3.05) is 0 Å². The topological polar surface area (TPSA) is 28.7 Å². The molecule has 0 aliphatic carbocycles. The second kappa shape index (κ2) is 5.19. The Morgan fingerprint density at radius 3 is 2.62 bits per heavy atom. The Morgan fingerprint density at radius 1 is 1.25 bits per heavy atom. The number of nitrogens with zero attached hydrogens (tertiary/aromatic N) is 1. The van der Waals surface area contributed by atoms with Crippen LogP contribution in [0.1, 0.15) is 11.3 Å². The van der Waals surface area contributed by atoms with Crippen molar-refractivity contribution in [2.24, 2.45) is 0 Å². The number of aromatic amines is 1. The maximum atomic E-state index is 6.05. The maximum absolute atomic E-state index is 6.05. The fourth-order valence-corrected chi connectivity index (χ4v) is 1.94. The van der Waals surface area contributed by atoms with Crippen molar-refractivity contribution >= 4 is 29.3 Å². The van der Waals surface area contributed by atoms with Crippen LogP contribution in [0.5, 0.6) is 0 Å². The van der Waals surface area contributed by atoms with Gasteiger partial charge in [0.2, 0.25) is 0 Å². The van der Waals surface area contributed by atoms with Crippen LogP contribution in [0.25, 0.3) is 6.08 Å². The number of H-pyrrole nitrogens is 1. The minimum atomic E-state index is 0.696. The van der Waals surface area contributed by atoms with Gasteiger partial charge in [-0.2, -0.15) is 0 Å². The molecule has 1 aromatic heterocycles. The molecule has 0 radical (unpaired) electrons. The quantitative estimate of drug-likeness (QED) is 0.880. The molecule has 0 aliphatic heterocycles. The molecule has 0 unspecified atom stereocenters. The van der Waals surface area contributed by atoms with Crippen LogP contribution in [0.15, 0.2) is 36.8 Å². The molecular weight excluding hydrogens is 243 g/mol. The molecule has 2 nitrogen and oxygen atoms in total. The minimum absolute atomic E-state index is 0.696. The lowest BCUT2D eigenvalue weighted by atomic mass is 10.1. The van der Waals surface area contributed by atoms with Crippen molar-refractivity contribution in [1.29, 1.82) is 0 Å². The van der Waals surface area contributed by atoms with Crippen LogP contribution in [-0.4, -0.2) is 9.97 Å². The molecular formula is C12H10Cl2N2. The van der Waals surface area contributed by atoms with Crippen molar-refractivity contribution in [2.45, 2.75) is 6.42 Å². The van der Waals surface area contributed by atoms with Gasteiger partial charge in [-0.05, 0) is 30.2 Å². The molecule has 0 atom stereocenters. The Kier molecular flexibility index (Phi) is 3.65. The normalized spacial score (nSPS) is 11.1. The maximum Gasteiger partial charge on any atom is 0.0924 e. The molecule has 82 valence electrons. The van der Waals surface area contributed by atoms with E-state index < -0.39 is 0 Å². The van der Waals surface area contributed by atoms with Gasteiger partial charge in [-0.25, -0.2) is 4.98 Å². The first-order valence-corrected chi connectivity index (χ1v) is 5.61. The summed E-state index contributed by atoms with van der Waals surface area (Å²) in [6.45, 7) is 0. The zero-order valence-electron chi connectivity index (χ0n) is 8.45. The van der Waals surface area contributed by atoms with Gasteiger partial charge in [-0.3, -0.25) is 0 Å². The van der Waals surface area contributed by atoms with Crippen LogP contribution in [0, 0.1) is 0 Å². The average Bonchev–Trinajstić information content (AvgIpc) is 2.75. The smallest absolute Gasteiger partial charge is 0.0924 e. The fourth-order valence-electron chi connectivity index (χ4n) is 1.39. The largest absolute Gasteiger partial charge is 0.345 e. The molecule has 2 aromatic rings. The van der Waals surface area contributed by atoms with Crippen LogP contribution in [0.2, 0.25) is 10.0 Å². The fraction of sp³-hybridized carbons (Fsp3) is 0.0833. The lowest BCUT2D eigenvalue weighted by Gasteiger charge is -2.02. The van der Waals surface area contributed by atoms with Gasteiger partial charge in [0.25, 0.3) is 0 Å². The monoisotopic (exact) mass is 252 g/mol. The van der Waals surface area contributed by atoms with E-state index in [4.69, 9.17) is 23.2 Å². The molecule has 1 heterocycles. The van der Waals surface area contributed by atoms with E-state index in [1.54, 1.807) is 12.5 Å². The Labute approximate surface area is 104 Å². The summed E-state index contributed by atoms with van der Waals surface area (Å²) >= 11 is 12.1. The van der Waals surface area contributed by atoms with Crippen molar-refractivity contribution < 1.29 is 0 Å². The average molecular weight is 253 g/mol. The lowest BCUT2D eigenvalue weighted by molar-refractivity contribution is 1.27. The lowest BCUT2D eigenvalue weighted by Crippen LogP contribution is -1.84. The number of imidazole rings is 1. The summed E-state index contributed by atoms with van der Waals surface area (Å²) in [4.78, 5) is 6.91. The van der Waals surface area contributed by atoms with Gasteiger partial charge in [0, 0.05) is 10.0 Å². The van der Waals surface area contributed by atoms with Crippen LogP contribution in [0.3, 0.4) is 0 Å². The second-order valence-electron chi connectivity index (χ2n) is 3.31. The van der Waals surface area contributed by atoms with E-state index in [2.05, 4.69) is 9.97 Å². The highest BCUT2D eigenvalue weighted by Crippen LogP contribution is 2.24. The first-order valence-electron chi connectivity index (χ1n) is 4.85. The molecule has 0 saturated heterocycles. The standard InChI is InChI=1S/C12H10Cl2N2/c13-11-5-2-6-12(14)10(11)4-1-3-9-7-15-8-16-9/h1-3,5-8H,4H2,(H,15,16). The van der Waals surface area contributed by atoms with Gasteiger partial charge in [-0.1, -0.05) is 35.3 Å². The summed E-state index contributed by atoms with van der Waals surface area (Å²) in [6, 6.07) is 5.52. The van der Waals surface area contributed by atoms with Crippen LogP contribution in [0.4, 0.5) is 0 Å². The first-order chi connectivity index (χ1) is 7.77. The van der Waals surface area contributed by atoms with Crippen LogP contribution < -0.4 is 0 Å². The van der Waals surface area contributed by atoms with Gasteiger partial charge < -0.3 is 4.98 Å². The predicted molar refractivity (Wildman–Crippen MR) is 67.8 cm³/mol. The Bertz CT molecular complexity index is 469. The number of aromatic nitrogens is 2. The Morgan fingerprint density at radius 2 is 2.00 bits per heavy atom. The number of nitrogens with one attached hydrogen (secondary N) is 1. The number of allylic oxidation sites excluding steroid dienone is 1. The molecule has 2 rings (SSSR count). The molecule has 0 fully saturated rings. The summed E-state index contributed by atoms with van der Waals surface area (Å²) in [5.41, 5.74) is 1.91. The first kappa shape index (κ1) is 11.2. The number of halogens is 2. The van der Waals surface area contributed by atoms with Gasteiger partial charge in [0.1, 0.15) is 0 Å². The highest BCUT2D eigenvalue weighted by Gasteiger charge is 2.02. The molecule has 16 heavy (non-hydrogen) atoms. The summed E-state index contributed by atoms with van der Waals surface area (Å²) in [6.07, 6.45) is 8.05. The van der Waals surface area contributed by atoms with Crippen molar-refractivity contribution in [3.63, 3.8) is 0 Å². The SMILES string of the molecule is Clc1cccc(Cl)c1CC=Cc1cnc[nH]1. The molecule has 0 spiro atoms. The summed E-state index contributed by atoms with van der Waals surface area (Å²) in [7, 11) is 0. The Hall–Kier alpha value is -1.25. The number of hydrogen-bond acceptors (Lipinski definition) is 1. The molecule has 4 heteroatoms. The van der Waals surface area contributed by atoms with Crippen molar-refractivity contribution in [3.05, 3.63) is 58.1 Å². The molecule has 0 aliphatic rings. The number of hydrogen-bond donors (Lipinski definition) is 1. The number of rotatable bonds is 3. The van der Waals surface area contributed by atoms with Crippen molar-refractivity contribution in [1.82, 2.24) is 9.97 Å². The van der Waals surface area contributed by atoms with Gasteiger partial charge in [0.15, 0.2) is 0 Å². The zero-order valence-corrected chi connectivity index (χ0v) is 9.96. The third kappa shape index (κ3) is 2.65. The molecule has 0 bridgehead atoms. The summed E-state index contributed by atoms with van der Waals surface area (Å²) in [5, 5.41) is 1.39. The summed E-state index contributed by atoms with van der Waals surface area (Å²) in [5.74, 6) is 0. The van der Waals surface area contributed by atoms with E-state index >= 15 is 0 Å². The number of benzene rings is 1. The molecule has 0 amide bonds. The minimum Gasteiger partial charge on any atom is -0.345 e. The van der Waals surface area contributed by atoms with Gasteiger partial charge in [-0.15, -0.1) is 0 Å². The van der Waals surface area contributed by atoms with Crippen LogP contribution >= 0.6 is 23.2 Å². The second-order valence-corrected chi connectivity index (χ2v) is 4.13. The van der Waals surface area contributed by atoms with E-state index in [1.165, 1.54) is 0 Å². The molecule has 0 saturated carbocycles. The Balaban J connectivity index is 2.10. The third-order valence-electron chi connectivity index (χ3n) is 2.20. The van der Waals surface area contributed by atoms with Crippen molar-refractivity contribution in [3.8, 4) is 0 Å². The highest BCUT2D eigenvalue weighted by molar-refractivity contribution is 6.36. The van der Waals surface area contributed by atoms with Crippen LogP contribution in [-0.2, 0) is 6.42 Å². The highest BCUT2D eigenvalue weighted by atomic mass is 35.5. The zero-order chi connectivity index (χ0) is 11.4. The molecule has 1 N–H and O–H groups in total. The van der Waals surface area contributed by atoms with E-state index in [0.717, 1.165) is 11.3 Å². The van der Waals surface area contributed by atoms with E-state index in [-0.39, 0.29) is 0 Å². The van der Waals surface area contributed by atoms with E-state index in [0.29, 0.717) is 16.5 Å². The van der Waals surface area contributed by atoms with Gasteiger partial charge >= 0.3 is 0 Å². The van der Waals surface area contributed by atoms with E-state index in [1.807, 2.05) is 30.4 Å². The summed E-state index contributed by atoms with van der Waals surface area (Å²) < 4.78 is 0. The van der Waals surface area contributed by atoms with Gasteiger partial charge in [0.05, 0.1) is 18.2 Å². The predicted octanol–water partition coefficient (Wildman–Crippen LogP) is 3.97.